The molecule has 0 fully saturated rings. The van der Waals surface area contributed by atoms with Gasteiger partial charge in [0.25, 0.3) is 5.91 Å². The van der Waals surface area contributed by atoms with E-state index in [1.54, 1.807) is 30.1 Å². The second kappa shape index (κ2) is 6.91. The third kappa shape index (κ3) is 3.69. The SMILES string of the molecule is CN(CC1Cc2ccccc2CO1)C(=O)c1cc(Cl)ccc1Cl. The van der Waals surface area contributed by atoms with E-state index in [1.165, 1.54) is 11.1 Å². The summed E-state index contributed by atoms with van der Waals surface area (Å²) in [6.45, 7) is 1.09. The lowest BCUT2D eigenvalue weighted by molar-refractivity contribution is 0.00985. The molecular weight excluding hydrogens is 333 g/mol. The molecule has 0 bridgehead atoms. The minimum absolute atomic E-state index is 0.0168. The fraction of sp³-hybridized carbons (Fsp3) is 0.278. The Balaban J connectivity index is 1.69. The van der Waals surface area contributed by atoms with E-state index in [-0.39, 0.29) is 12.0 Å². The first-order valence-corrected chi connectivity index (χ1v) is 8.19. The van der Waals surface area contributed by atoms with Crippen molar-refractivity contribution in [3.8, 4) is 0 Å². The number of benzene rings is 2. The Labute approximate surface area is 145 Å². The van der Waals surface area contributed by atoms with Gasteiger partial charge in [0.2, 0.25) is 0 Å². The molecule has 0 N–H and O–H groups in total. The molecule has 3 nitrogen and oxygen atoms in total. The Bertz CT molecular complexity index is 733. The van der Waals surface area contributed by atoms with Crippen LogP contribution in [0.4, 0.5) is 0 Å². The highest BCUT2D eigenvalue weighted by Crippen LogP contribution is 2.24. The van der Waals surface area contributed by atoms with E-state index >= 15 is 0 Å². The van der Waals surface area contributed by atoms with E-state index in [0.717, 1.165) is 6.42 Å². The summed E-state index contributed by atoms with van der Waals surface area (Å²) in [5, 5.41) is 0.898. The number of fused-ring (bicyclic) bond motifs is 1. The van der Waals surface area contributed by atoms with Crippen molar-refractivity contribution in [3.05, 3.63) is 69.2 Å². The normalized spacial score (nSPS) is 16.7. The van der Waals surface area contributed by atoms with Crippen molar-refractivity contribution in [1.29, 1.82) is 0 Å². The van der Waals surface area contributed by atoms with Crippen LogP contribution in [-0.4, -0.2) is 30.5 Å². The molecule has 1 amide bonds. The van der Waals surface area contributed by atoms with Crippen molar-refractivity contribution in [1.82, 2.24) is 4.90 Å². The van der Waals surface area contributed by atoms with Crippen LogP contribution in [0.5, 0.6) is 0 Å². The zero-order valence-electron chi connectivity index (χ0n) is 12.8. The van der Waals surface area contributed by atoms with Gasteiger partial charge in [0.15, 0.2) is 0 Å². The number of ether oxygens (including phenoxy) is 1. The van der Waals surface area contributed by atoms with Gasteiger partial charge in [-0.05, 0) is 29.3 Å². The van der Waals surface area contributed by atoms with Crippen LogP contribution in [-0.2, 0) is 17.8 Å². The fourth-order valence-corrected chi connectivity index (χ4v) is 3.15. The third-order valence-electron chi connectivity index (χ3n) is 4.02. The maximum absolute atomic E-state index is 12.6. The summed E-state index contributed by atoms with van der Waals surface area (Å²) >= 11 is 12.1. The topological polar surface area (TPSA) is 29.5 Å². The average molecular weight is 350 g/mol. The highest BCUT2D eigenvalue weighted by atomic mass is 35.5. The summed E-state index contributed by atoms with van der Waals surface area (Å²) in [5.74, 6) is -0.153. The predicted molar refractivity (Wildman–Crippen MR) is 92.1 cm³/mol. The first-order valence-electron chi connectivity index (χ1n) is 7.43. The fourth-order valence-electron chi connectivity index (χ4n) is 2.78. The Kier molecular flexibility index (Phi) is 4.90. The van der Waals surface area contributed by atoms with Crippen molar-refractivity contribution in [2.75, 3.05) is 13.6 Å². The van der Waals surface area contributed by atoms with E-state index in [4.69, 9.17) is 27.9 Å². The smallest absolute Gasteiger partial charge is 0.255 e. The van der Waals surface area contributed by atoms with E-state index < -0.39 is 0 Å². The van der Waals surface area contributed by atoms with Crippen molar-refractivity contribution in [3.63, 3.8) is 0 Å². The van der Waals surface area contributed by atoms with Crippen molar-refractivity contribution in [2.24, 2.45) is 0 Å². The van der Waals surface area contributed by atoms with E-state index in [9.17, 15) is 4.79 Å². The monoisotopic (exact) mass is 349 g/mol. The van der Waals surface area contributed by atoms with Crippen LogP contribution in [0.25, 0.3) is 0 Å². The number of amides is 1. The minimum Gasteiger partial charge on any atom is -0.371 e. The molecule has 0 spiro atoms. The quantitative estimate of drug-likeness (QED) is 0.830. The number of nitrogens with zero attached hydrogens (tertiary/aromatic N) is 1. The largest absolute Gasteiger partial charge is 0.371 e. The van der Waals surface area contributed by atoms with Gasteiger partial charge in [-0.25, -0.2) is 0 Å². The number of hydrogen-bond donors (Lipinski definition) is 0. The molecule has 0 radical (unpaired) electrons. The molecule has 23 heavy (non-hydrogen) atoms. The molecule has 5 heteroatoms. The molecule has 1 aliphatic heterocycles. The van der Waals surface area contributed by atoms with E-state index in [2.05, 4.69) is 12.1 Å². The number of halogens is 2. The number of hydrogen-bond acceptors (Lipinski definition) is 2. The van der Waals surface area contributed by atoms with Crippen molar-refractivity contribution in [2.45, 2.75) is 19.1 Å². The molecule has 0 aliphatic carbocycles. The minimum atomic E-state index is -0.153. The molecule has 2 aromatic rings. The second-order valence-electron chi connectivity index (χ2n) is 5.72. The van der Waals surface area contributed by atoms with Gasteiger partial charge in [0.1, 0.15) is 0 Å². The van der Waals surface area contributed by atoms with Gasteiger partial charge in [-0.2, -0.15) is 0 Å². The zero-order chi connectivity index (χ0) is 16.4. The van der Waals surface area contributed by atoms with Gasteiger partial charge < -0.3 is 9.64 Å². The lowest BCUT2D eigenvalue weighted by Gasteiger charge is -2.29. The molecule has 1 aliphatic rings. The number of carbonyl (C=O) groups excluding carboxylic acids is 1. The molecule has 1 atom stereocenters. The summed E-state index contributed by atoms with van der Waals surface area (Å²) in [7, 11) is 1.75. The first-order chi connectivity index (χ1) is 11.0. The van der Waals surface area contributed by atoms with Gasteiger partial charge in [0.05, 0.1) is 23.3 Å². The molecule has 1 heterocycles. The van der Waals surface area contributed by atoms with E-state index in [1.807, 2.05) is 12.1 Å². The van der Waals surface area contributed by atoms with Gasteiger partial charge in [-0.1, -0.05) is 47.5 Å². The summed E-state index contributed by atoms with van der Waals surface area (Å²) in [6.07, 6.45) is 0.786. The standard InChI is InChI=1S/C18H17Cl2NO2/c1-21(18(22)16-9-14(19)6-7-17(16)20)10-15-8-12-4-2-3-5-13(12)11-23-15/h2-7,9,15H,8,10-11H2,1H3. The predicted octanol–water partition coefficient (Wildman–Crippen LogP) is 4.21. The lowest BCUT2D eigenvalue weighted by atomic mass is 9.99. The van der Waals surface area contributed by atoms with Gasteiger partial charge in [-0.3, -0.25) is 4.79 Å². The summed E-state index contributed by atoms with van der Waals surface area (Å²) in [4.78, 5) is 14.2. The highest BCUT2D eigenvalue weighted by Gasteiger charge is 2.23. The molecular formula is C18H17Cl2NO2. The molecule has 3 rings (SSSR count). The van der Waals surface area contributed by atoms with Gasteiger partial charge in [0, 0.05) is 25.0 Å². The Morgan fingerprint density at radius 3 is 2.74 bits per heavy atom. The molecule has 120 valence electrons. The van der Waals surface area contributed by atoms with Crippen LogP contribution in [0, 0.1) is 0 Å². The number of rotatable bonds is 3. The number of likely N-dealkylation sites (N-methyl/N-ethyl adjacent to an activating group) is 1. The summed E-state index contributed by atoms with van der Waals surface area (Å²) in [5.41, 5.74) is 2.92. The molecule has 0 saturated carbocycles. The lowest BCUT2D eigenvalue weighted by Crippen LogP contribution is -2.38. The maximum atomic E-state index is 12.6. The highest BCUT2D eigenvalue weighted by molar-refractivity contribution is 6.35. The third-order valence-corrected chi connectivity index (χ3v) is 4.59. The summed E-state index contributed by atoms with van der Waals surface area (Å²) < 4.78 is 5.86. The van der Waals surface area contributed by atoms with Crippen molar-refractivity contribution >= 4 is 29.1 Å². The van der Waals surface area contributed by atoms with Crippen LogP contribution in [0.3, 0.4) is 0 Å². The van der Waals surface area contributed by atoms with Crippen LogP contribution in [0.15, 0.2) is 42.5 Å². The second-order valence-corrected chi connectivity index (χ2v) is 6.56. The maximum Gasteiger partial charge on any atom is 0.255 e. The van der Waals surface area contributed by atoms with Crippen LogP contribution in [0.2, 0.25) is 10.0 Å². The zero-order valence-corrected chi connectivity index (χ0v) is 14.3. The van der Waals surface area contributed by atoms with E-state index in [0.29, 0.717) is 28.8 Å². The van der Waals surface area contributed by atoms with Crippen LogP contribution in [0.1, 0.15) is 21.5 Å². The van der Waals surface area contributed by atoms with Gasteiger partial charge >= 0.3 is 0 Å². The molecule has 2 aromatic carbocycles. The average Bonchev–Trinajstić information content (AvgIpc) is 2.56. The van der Waals surface area contributed by atoms with Crippen molar-refractivity contribution < 1.29 is 9.53 Å². The molecule has 1 unspecified atom stereocenters. The Morgan fingerprint density at radius 2 is 1.96 bits per heavy atom. The van der Waals surface area contributed by atoms with Crippen LogP contribution >= 0.6 is 23.2 Å². The van der Waals surface area contributed by atoms with Crippen LogP contribution < -0.4 is 0 Å². The van der Waals surface area contributed by atoms with Gasteiger partial charge in [-0.15, -0.1) is 0 Å². The molecule has 0 saturated heterocycles. The number of carbonyl (C=O) groups is 1. The first kappa shape index (κ1) is 16.3. The summed E-state index contributed by atoms with van der Waals surface area (Å²) in [6, 6.07) is 13.1. The Hall–Kier alpha value is -1.55. The molecule has 0 aromatic heterocycles. The Morgan fingerprint density at radius 1 is 1.22 bits per heavy atom.